The van der Waals surface area contributed by atoms with E-state index in [1.165, 1.54) is 0 Å². The Balaban J connectivity index is 1.72. The van der Waals surface area contributed by atoms with Crippen LogP contribution in [0.4, 0.5) is 5.69 Å². The number of para-hydroxylation sites is 1. The first-order valence-corrected chi connectivity index (χ1v) is 8.46. The second-order valence-electron chi connectivity index (χ2n) is 6.04. The van der Waals surface area contributed by atoms with Gasteiger partial charge in [0.2, 0.25) is 6.10 Å². The maximum atomic E-state index is 12.4. The van der Waals surface area contributed by atoms with Gasteiger partial charge in [-0.15, -0.1) is 0 Å². The Morgan fingerprint density at radius 3 is 2.15 bits per heavy atom. The molecule has 0 radical (unpaired) electrons. The number of rotatable bonds is 6. The van der Waals surface area contributed by atoms with E-state index in [0.717, 1.165) is 11.3 Å². The molecular formula is C22H19NO4. The Kier molecular flexibility index (Phi) is 5.52. The molecule has 0 aliphatic heterocycles. The number of nitrogens with one attached hydrogen (secondary N) is 1. The number of ether oxygens (including phenoxy) is 1. The van der Waals surface area contributed by atoms with Crippen molar-refractivity contribution in [2.75, 3.05) is 5.32 Å². The molecule has 27 heavy (non-hydrogen) atoms. The van der Waals surface area contributed by atoms with Crippen LogP contribution in [-0.2, 0) is 4.79 Å². The van der Waals surface area contributed by atoms with Gasteiger partial charge in [0.05, 0.1) is 0 Å². The molecule has 5 nitrogen and oxygen atoms in total. The summed E-state index contributed by atoms with van der Waals surface area (Å²) in [6, 6.07) is 22.6. The lowest BCUT2D eigenvalue weighted by Gasteiger charge is -2.15. The zero-order valence-electron chi connectivity index (χ0n) is 14.8. The van der Waals surface area contributed by atoms with Crippen LogP contribution in [0.5, 0.6) is 5.75 Å². The van der Waals surface area contributed by atoms with Crippen molar-refractivity contribution in [1.29, 1.82) is 0 Å². The van der Waals surface area contributed by atoms with Gasteiger partial charge < -0.3 is 15.2 Å². The van der Waals surface area contributed by atoms with Crippen LogP contribution in [0.1, 0.15) is 27.6 Å². The predicted octanol–water partition coefficient (Wildman–Crippen LogP) is 4.45. The van der Waals surface area contributed by atoms with Crippen molar-refractivity contribution in [3.05, 3.63) is 95.6 Å². The van der Waals surface area contributed by atoms with E-state index in [2.05, 4.69) is 5.32 Å². The molecule has 0 saturated carbocycles. The minimum absolute atomic E-state index is 0.242. The molecule has 3 aromatic rings. The third-order valence-corrected chi connectivity index (χ3v) is 4.09. The zero-order chi connectivity index (χ0) is 19.2. The molecule has 1 atom stereocenters. The summed E-state index contributed by atoms with van der Waals surface area (Å²) in [7, 11) is 0. The molecule has 0 fully saturated rings. The van der Waals surface area contributed by atoms with Crippen LogP contribution in [0.25, 0.3) is 0 Å². The highest BCUT2D eigenvalue weighted by Crippen LogP contribution is 2.23. The number of carboxylic acid groups (broad SMARTS) is 1. The van der Waals surface area contributed by atoms with Gasteiger partial charge in [0.1, 0.15) is 5.75 Å². The van der Waals surface area contributed by atoms with E-state index in [0.29, 0.717) is 16.9 Å². The molecule has 0 bridgehead atoms. The molecular weight excluding hydrogens is 342 g/mol. The van der Waals surface area contributed by atoms with Crippen LogP contribution in [0.15, 0.2) is 78.9 Å². The number of carbonyl (C=O) groups excluding carboxylic acids is 1. The smallest absolute Gasteiger partial charge is 0.349 e. The molecule has 3 aromatic carbocycles. The molecule has 2 N–H and O–H groups in total. The van der Waals surface area contributed by atoms with E-state index in [1.54, 1.807) is 48.5 Å². The molecule has 0 heterocycles. The van der Waals surface area contributed by atoms with Gasteiger partial charge in [-0.05, 0) is 42.8 Å². The predicted molar refractivity (Wildman–Crippen MR) is 103 cm³/mol. The highest BCUT2D eigenvalue weighted by atomic mass is 16.5. The molecule has 0 aliphatic carbocycles. The van der Waals surface area contributed by atoms with Crippen LogP contribution in [0.3, 0.4) is 0 Å². The summed E-state index contributed by atoms with van der Waals surface area (Å²) in [5, 5.41) is 12.3. The first-order valence-electron chi connectivity index (χ1n) is 8.46. The van der Waals surface area contributed by atoms with E-state index in [4.69, 9.17) is 4.74 Å². The number of carbonyl (C=O) groups is 2. The van der Waals surface area contributed by atoms with Crippen molar-refractivity contribution >= 4 is 17.6 Å². The fourth-order valence-corrected chi connectivity index (χ4v) is 2.62. The Hall–Kier alpha value is -3.60. The molecule has 0 spiro atoms. The highest BCUT2D eigenvalue weighted by Gasteiger charge is 2.21. The average Bonchev–Trinajstić information content (AvgIpc) is 2.68. The first-order chi connectivity index (χ1) is 13.0. The minimum atomic E-state index is -1.11. The topological polar surface area (TPSA) is 75.6 Å². The molecule has 0 saturated heterocycles. The number of aliphatic carboxylic acids is 1. The standard InChI is InChI=1S/C22H19NO4/c1-15-7-5-6-10-19(15)23-21(24)17-11-13-18(14-12-17)27-20(22(25)26)16-8-3-2-4-9-16/h2-14,20H,1H3,(H,23,24)(H,25,26). The number of aryl methyl sites for hydroxylation is 1. The lowest BCUT2D eigenvalue weighted by Crippen LogP contribution is -2.18. The molecule has 1 unspecified atom stereocenters. The third kappa shape index (κ3) is 4.52. The molecule has 5 heteroatoms. The van der Waals surface area contributed by atoms with Gasteiger partial charge in [-0.3, -0.25) is 4.79 Å². The van der Waals surface area contributed by atoms with Gasteiger partial charge in [-0.1, -0.05) is 48.5 Å². The van der Waals surface area contributed by atoms with Crippen LogP contribution < -0.4 is 10.1 Å². The zero-order valence-corrected chi connectivity index (χ0v) is 14.8. The number of amides is 1. The van der Waals surface area contributed by atoms with E-state index in [-0.39, 0.29) is 5.91 Å². The second kappa shape index (κ2) is 8.19. The number of hydrogen-bond acceptors (Lipinski definition) is 3. The monoisotopic (exact) mass is 361 g/mol. The van der Waals surface area contributed by atoms with Crippen molar-refractivity contribution in [3.63, 3.8) is 0 Å². The van der Waals surface area contributed by atoms with Crippen molar-refractivity contribution in [2.24, 2.45) is 0 Å². The first kappa shape index (κ1) is 18.2. The van der Waals surface area contributed by atoms with Gasteiger partial charge in [-0.25, -0.2) is 4.79 Å². The number of carboxylic acids is 1. The van der Waals surface area contributed by atoms with Crippen molar-refractivity contribution < 1.29 is 19.4 Å². The van der Waals surface area contributed by atoms with E-state index in [1.807, 2.05) is 37.3 Å². The summed E-state index contributed by atoms with van der Waals surface area (Å²) in [6.45, 7) is 1.92. The summed E-state index contributed by atoms with van der Waals surface area (Å²) >= 11 is 0. The van der Waals surface area contributed by atoms with E-state index < -0.39 is 12.1 Å². The Morgan fingerprint density at radius 2 is 1.52 bits per heavy atom. The molecule has 1 amide bonds. The Bertz CT molecular complexity index is 936. The summed E-state index contributed by atoms with van der Waals surface area (Å²) in [5.41, 5.74) is 2.72. The van der Waals surface area contributed by atoms with Gasteiger partial charge in [0.15, 0.2) is 0 Å². The summed E-state index contributed by atoms with van der Waals surface area (Å²) in [4.78, 5) is 23.9. The number of hydrogen-bond donors (Lipinski definition) is 2. The third-order valence-electron chi connectivity index (χ3n) is 4.09. The van der Waals surface area contributed by atoms with Gasteiger partial charge >= 0.3 is 5.97 Å². The lowest BCUT2D eigenvalue weighted by molar-refractivity contribution is -0.145. The summed E-state index contributed by atoms with van der Waals surface area (Å²) in [6.07, 6.45) is -1.11. The van der Waals surface area contributed by atoms with Gasteiger partial charge in [0.25, 0.3) is 5.91 Å². The largest absolute Gasteiger partial charge is 0.478 e. The van der Waals surface area contributed by atoms with Gasteiger partial charge in [0, 0.05) is 16.8 Å². The molecule has 0 aromatic heterocycles. The maximum absolute atomic E-state index is 12.4. The Morgan fingerprint density at radius 1 is 0.889 bits per heavy atom. The summed E-state index contributed by atoms with van der Waals surface area (Å²) in [5.74, 6) is -0.949. The maximum Gasteiger partial charge on any atom is 0.349 e. The lowest BCUT2D eigenvalue weighted by atomic mass is 10.1. The van der Waals surface area contributed by atoms with Crippen molar-refractivity contribution in [2.45, 2.75) is 13.0 Å². The fraction of sp³-hybridized carbons (Fsp3) is 0.0909. The van der Waals surface area contributed by atoms with Gasteiger partial charge in [-0.2, -0.15) is 0 Å². The SMILES string of the molecule is Cc1ccccc1NC(=O)c1ccc(OC(C(=O)O)c2ccccc2)cc1. The molecule has 3 rings (SSSR count). The quantitative estimate of drug-likeness (QED) is 0.680. The molecule has 0 aliphatic rings. The van der Waals surface area contributed by atoms with Crippen LogP contribution in [-0.4, -0.2) is 17.0 Å². The summed E-state index contributed by atoms with van der Waals surface area (Å²) < 4.78 is 5.60. The Labute approximate surface area is 157 Å². The van der Waals surface area contributed by atoms with E-state index >= 15 is 0 Å². The van der Waals surface area contributed by atoms with Crippen LogP contribution >= 0.6 is 0 Å². The average molecular weight is 361 g/mol. The highest BCUT2D eigenvalue weighted by molar-refractivity contribution is 6.04. The minimum Gasteiger partial charge on any atom is -0.478 e. The normalized spacial score (nSPS) is 11.4. The van der Waals surface area contributed by atoms with Crippen LogP contribution in [0, 0.1) is 6.92 Å². The molecule has 136 valence electrons. The van der Waals surface area contributed by atoms with Crippen molar-refractivity contribution in [1.82, 2.24) is 0 Å². The number of anilines is 1. The van der Waals surface area contributed by atoms with Crippen LogP contribution in [0.2, 0.25) is 0 Å². The number of benzene rings is 3. The second-order valence-corrected chi connectivity index (χ2v) is 6.04. The van der Waals surface area contributed by atoms with Crippen molar-refractivity contribution in [3.8, 4) is 5.75 Å². The van der Waals surface area contributed by atoms with E-state index in [9.17, 15) is 14.7 Å². The fourth-order valence-electron chi connectivity index (χ4n) is 2.62.